The lowest BCUT2D eigenvalue weighted by atomic mass is 10.1. The summed E-state index contributed by atoms with van der Waals surface area (Å²) in [6.07, 6.45) is 0.851. The van der Waals surface area contributed by atoms with Crippen LogP contribution in [0.5, 0.6) is 0 Å². The van der Waals surface area contributed by atoms with Crippen LogP contribution >= 0.6 is 11.6 Å². The number of nitrogens with one attached hydrogen (secondary N) is 2. The van der Waals surface area contributed by atoms with Crippen LogP contribution in [-0.4, -0.2) is 22.0 Å². The van der Waals surface area contributed by atoms with E-state index in [0.29, 0.717) is 34.6 Å². The predicted octanol–water partition coefficient (Wildman–Crippen LogP) is 3.23. The average Bonchev–Trinajstić information content (AvgIpc) is 2.76. The highest BCUT2D eigenvalue weighted by Gasteiger charge is 2.10. The first-order valence-corrected chi connectivity index (χ1v) is 10.2. The number of fused-ring (bicyclic) bond motifs is 1. The zero-order valence-corrected chi connectivity index (χ0v) is 17.4. The second-order valence-electron chi connectivity index (χ2n) is 7.15. The fourth-order valence-electron chi connectivity index (χ4n) is 3.45. The first kappa shape index (κ1) is 20.6. The maximum atomic E-state index is 12.7. The Morgan fingerprint density at radius 3 is 2.42 bits per heavy atom. The van der Waals surface area contributed by atoms with E-state index in [1.807, 2.05) is 24.3 Å². The van der Waals surface area contributed by atoms with Crippen molar-refractivity contribution >= 4 is 28.4 Å². The molecule has 4 aromatic rings. The van der Waals surface area contributed by atoms with Crippen molar-refractivity contribution in [3.05, 3.63) is 110 Å². The van der Waals surface area contributed by atoms with Crippen LogP contribution in [0.25, 0.3) is 16.6 Å². The Morgan fingerprint density at radius 1 is 0.935 bits per heavy atom. The maximum Gasteiger partial charge on any atom is 0.333 e. The van der Waals surface area contributed by atoms with Crippen LogP contribution < -0.4 is 16.6 Å². The monoisotopic (exact) mass is 433 g/mol. The van der Waals surface area contributed by atoms with Gasteiger partial charge in [-0.3, -0.25) is 9.59 Å². The largest absolute Gasteiger partial charge is 0.355 e. The van der Waals surface area contributed by atoms with E-state index in [1.165, 1.54) is 0 Å². The molecule has 4 rings (SSSR count). The van der Waals surface area contributed by atoms with Gasteiger partial charge in [0.2, 0.25) is 5.91 Å². The van der Waals surface area contributed by atoms with Crippen LogP contribution in [0.3, 0.4) is 0 Å². The summed E-state index contributed by atoms with van der Waals surface area (Å²) in [5.74, 6) is -0.111. The standard InChI is InChI=1S/C24H20ClN3O3/c25-20-7-3-1-5-17(20)13-14-26-22(29)15-16-9-11-18(12-10-16)28-23(30)19-6-2-4-8-21(19)27-24(28)31/h1-12H,13-15H2,(H,26,29)(H,27,31). The van der Waals surface area contributed by atoms with Crippen LogP contribution in [0.4, 0.5) is 0 Å². The van der Waals surface area contributed by atoms with E-state index in [2.05, 4.69) is 10.3 Å². The van der Waals surface area contributed by atoms with Gasteiger partial charge in [-0.1, -0.05) is 54.1 Å². The number of H-pyrrole nitrogens is 1. The number of aromatic amines is 1. The second kappa shape index (κ2) is 9.02. The number of amides is 1. The maximum absolute atomic E-state index is 12.7. The lowest BCUT2D eigenvalue weighted by molar-refractivity contribution is -0.120. The number of carbonyl (C=O) groups excluding carboxylic acids is 1. The summed E-state index contributed by atoms with van der Waals surface area (Å²) in [5.41, 5.74) is 1.82. The number of para-hydroxylation sites is 1. The van der Waals surface area contributed by atoms with Gasteiger partial charge in [0, 0.05) is 11.6 Å². The molecule has 0 saturated carbocycles. The van der Waals surface area contributed by atoms with Gasteiger partial charge in [0.25, 0.3) is 5.56 Å². The molecule has 1 heterocycles. The number of rotatable bonds is 6. The number of halogens is 1. The minimum absolute atomic E-state index is 0.111. The molecule has 6 nitrogen and oxygen atoms in total. The SMILES string of the molecule is O=C(Cc1ccc(-n2c(=O)[nH]c3ccccc3c2=O)cc1)NCCc1ccccc1Cl. The Hall–Kier alpha value is -3.64. The highest BCUT2D eigenvalue weighted by atomic mass is 35.5. The van der Waals surface area contributed by atoms with E-state index in [-0.39, 0.29) is 17.9 Å². The van der Waals surface area contributed by atoms with Crippen LogP contribution in [0.2, 0.25) is 5.02 Å². The van der Waals surface area contributed by atoms with E-state index >= 15 is 0 Å². The van der Waals surface area contributed by atoms with Crippen molar-refractivity contribution in [1.82, 2.24) is 14.9 Å². The Balaban J connectivity index is 1.43. The van der Waals surface area contributed by atoms with Crippen molar-refractivity contribution in [2.75, 3.05) is 6.54 Å². The van der Waals surface area contributed by atoms with Crippen molar-refractivity contribution in [3.8, 4) is 5.69 Å². The lowest BCUT2D eigenvalue weighted by Crippen LogP contribution is -2.33. The van der Waals surface area contributed by atoms with Gasteiger partial charge in [-0.05, 0) is 47.9 Å². The number of nitrogens with zero attached hydrogens (tertiary/aromatic N) is 1. The Labute approximate surface area is 183 Å². The van der Waals surface area contributed by atoms with Gasteiger partial charge < -0.3 is 10.3 Å². The Kier molecular flexibility index (Phi) is 6.00. The molecule has 156 valence electrons. The summed E-state index contributed by atoms with van der Waals surface area (Å²) in [4.78, 5) is 40.1. The summed E-state index contributed by atoms with van der Waals surface area (Å²) in [6.45, 7) is 0.489. The molecule has 0 aliphatic rings. The van der Waals surface area contributed by atoms with Gasteiger partial charge in [-0.15, -0.1) is 0 Å². The smallest absolute Gasteiger partial charge is 0.333 e. The normalized spacial score (nSPS) is 10.9. The summed E-state index contributed by atoms with van der Waals surface area (Å²) >= 11 is 6.13. The van der Waals surface area contributed by atoms with Crippen LogP contribution in [-0.2, 0) is 17.6 Å². The number of benzene rings is 3. The van der Waals surface area contributed by atoms with Crippen LogP contribution in [0.15, 0.2) is 82.4 Å². The van der Waals surface area contributed by atoms with Gasteiger partial charge in [0.05, 0.1) is 23.0 Å². The Morgan fingerprint density at radius 2 is 1.65 bits per heavy atom. The third-order valence-electron chi connectivity index (χ3n) is 5.04. The molecule has 7 heteroatoms. The van der Waals surface area contributed by atoms with Crippen molar-refractivity contribution in [1.29, 1.82) is 0 Å². The number of hydrogen-bond acceptors (Lipinski definition) is 3. The summed E-state index contributed by atoms with van der Waals surface area (Å²) in [5, 5.41) is 4.00. The summed E-state index contributed by atoms with van der Waals surface area (Å²) in [6, 6.07) is 21.2. The molecular weight excluding hydrogens is 414 g/mol. The molecule has 0 unspecified atom stereocenters. The fourth-order valence-corrected chi connectivity index (χ4v) is 3.68. The van der Waals surface area contributed by atoms with E-state index < -0.39 is 5.69 Å². The minimum atomic E-state index is -0.506. The average molecular weight is 434 g/mol. The molecule has 0 radical (unpaired) electrons. The molecule has 3 aromatic carbocycles. The first-order valence-electron chi connectivity index (χ1n) is 9.86. The van der Waals surface area contributed by atoms with Crippen molar-refractivity contribution in [2.45, 2.75) is 12.8 Å². The van der Waals surface area contributed by atoms with Crippen molar-refractivity contribution in [2.24, 2.45) is 0 Å². The molecule has 1 aromatic heterocycles. The molecular formula is C24H20ClN3O3. The van der Waals surface area contributed by atoms with E-state index in [1.54, 1.807) is 48.5 Å². The second-order valence-corrected chi connectivity index (χ2v) is 7.56. The third-order valence-corrected chi connectivity index (χ3v) is 5.41. The van der Waals surface area contributed by atoms with Gasteiger partial charge in [0.15, 0.2) is 0 Å². The summed E-state index contributed by atoms with van der Waals surface area (Å²) < 4.78 is 1.09. The van der Waals surface area contributed by atoms with Crippen LogP contribution in [0.1, 0.15) is 11.1 Å². The quantitative estimate of drug-likeness (QED) is 0.489. The molecule has 2 N–H and O–H groups in total. The molecule has 1 amide bonds. The zero-order chi connectivity index (χ0) is 21.8. The minimum Gasteiger partial charge on any atom is -0.355 e. The van der Waals surface area contributed by atoms with Gasteiger partial charge in [-0.2, -0.15) is 0 Å². The predicted molar refractivity (Wildman–Crippen MR) is 122 cm³/mol. The molecule has 0 bridgehead atoms. The molecule has 0 saturated heterocycles. The molecule has 31 heavy (non-hydrogen) atoms. The van der Waals surface area contributed by atoms with Crippen LogP contribution in [0, 0.1) is 0 Å². The van der Waals surface area contributed by atoms with Crippen molar-refractivity contribution < 1.29 is 4.79 Å². The third kappa shape index (κ3) is 4.59. The van der Waals surface area contributed by atoms with Gasteiger partial charge in [-0.25, -0.2) is 9.36 Å². The van der Waals surface area contributed by atoms with Gasteiger partial charge in [0.1, 0.15) is 0 Å². The zero-order valence-electron chi connectivity index (χ0n) is 16.6. The van der Waals surface area contributed by atoms with Gasteiger partial charge >= 0.3 is 5.69 Å². The molecule has 0 spiro atoms. The highest BCUT2D eigenvalue weighted by Crippen LogP contribution is 2.15. The first-order chi connectivity index (χ1) is 15.0. The number of carbonyl (C=O) groups is 1. The molecule has 0 atom stereocenters. The fraction of sp³-hybridized carbons (Fsp3) is 0.125. The molecule has 0 aliphatic heterocycles. The highest BCUT2D eigenvalue weighted by molar-refractivity contribution is 6.31. The van der Waals surface area contributed by atoms with E-state index in [9.17, 15) is 14.4 Å². The van der Waals surface area contributed by atoms with Crippen molar-refractivity contribution in [3.63, 3.8) is 0 Å². The number of aromatic nitrogens is 2. The van der Waals surface area contributed by atoms with E-state index in [0.717, 1.165) is 15.7 Å². The molecule has 0 aliphatic carbocycles. The number of hydrogen-bond donors (Lipinski definition) is 2. The Bertz CT molecular complexity index is 1360. The molecule has 0 fully saturated rings. The lowest BCUT2D eigenvalue weighted by Gasteiger charge is -2.09. The van der Waals surface area contributed by atoms with E-state index in [4.69, 9.17) is 11.6 Å². The summed E-state index contributed by atoms with van der Waals surface area (Å²) in [7, 11) is 0. The topological polar surface area (TPSA) is 84.0 Å².